The average molecular weight is 284 g/mol. The Bertz CT molecular complexity index is 439. The lowest BCUT2D eigenvalue weighted by atomic mass is 10.2. The minimum absolute atomic E-state index is 0.0248. The smallest absolute Gasteiger partial charge is 0.233 e. The molecule has 5 heteroatoms. The Morgan fingerprint density at radius 3 is 2.74 bits per heavy atom. The fraction of sp³-hybridized carbons (Fsp3) is 0.500. The number of thioether (sulfide) groups is 1. The van der Waals surface area contributed by atoms with Crippen molar-refractivity contribution in [2.45, 2.75) is 49.8 Å². The minimum Gasteiger partial charge on any atom is -0.396 e. The molecule has 1 aromatic rings. The molecular weight excluding hydrogens is 263 g/mol. The van der Waals surface area contributed by atoms with E-state index in [9.17, 15) is 9.18 Å². The van der Waals surface area contributed by atoms with Crippen molar-refractivity contribution in [1.29, 1.82) is 0 Å². The van der Waals surface area contributed by atoms with Gasteiger partial charge in [-0.1, -0.05) is 13.3 Å². The van der Waals surface area contributed by atoms with E-state index in [4.69, 9.17) is 5.73 Å². The molecular formula is C14H21FN2OS. The van der Waals surface area contributed by atoms with Gasteiger partial charge in [0, 0.05) is 10.9 Å². The number of nitrogens with one attached hydrogen (secondary N) is 1. The van der Waals surface area contributed by atoms with Crippen LogP contribution in [0.4, 0.5) is 10.1 Å². The molecule has 2 atom stereocenters. The Balaban J connectivity index is 2.56. The van der Waals surface area contributed by atoms with Crippen LogP contribution in [-0.2, 0) is 4.79 Å². The zero-order chi connectivity index (χ0) is 14.4. The summed E-state index contributed by atoms with van der Waals surface area (Å²) in [5.41, 5.74) is 5.54. The summed E-state index contributed by atoms with van der Waals surface area (Å²) < 4.78 is 13.3. The molecule has 19 heavy (non-hydrogen) atoms. The third-order valence-corrected chi connectivity index (χ3v) is 3.86. The molecule has 0 aliphatic heterocycles. The first-order chi connectivity index (χ1) is 8.93. The van der Waals surface area contributed by atoms with E-state index in [1.54, 1.807) is 6.07 Å². The van der Waals surface area contributed by atoms with Crippen molar-refractivity contribution in [1.82, 2.24) is 5.32 Å². The standard InChI is InChI=1S/C14H21FN2OS/c1-4-5-9(2)17-14(18)10(3)19-11-6-7-13(16)12(15)8-11/h6-10H,4-5,16H2,1-3H3,(H,17,18). The number of rotatable bonds is 6. The minimum atomic E-state index is -0.447. The summed E-state index contributed by atoms with van der Waals surface area (Å²) in [6.07, 6.45) is 1.99. The molecule has 0 saturated carbocycles. The highest BCUT2D eigenvalue weighted by Gasteiger charge is 2.16. The highest BCUT2D eigenvalue weighted by molar-refractivity contribution is 8.00. The second kappa shape index (κ2) is 7.38. The molecule has 2 unspecified atom stereocenters. The zero-order valence-electron chi connectivity index (χ0n) is 11.6. The largest absolute Gasteiger partial charge is 0.396 e. The summed E-state index contributed by atoms with van der Waals surface area (Å²) in [6, 6.07) is 4.77. The van der Waals surface area contributed by atoms with Crippen LogP contribution in [0.3, 0.4) is 0 Å². The summed E-state index contributed by atoms with van der Waals surface area (Å²) in [7, 11) is 0. The first-order valence-corrected chi connectivity index (χ1v) is 7.34. The van der Waals surface area contributed by atoms with Crippen molar-refractivity contribution in [2.75, 3.05) is 5.73 Å². The number of nitrogen functional groups attached to an aromatic ring is 1. The van der Waals surface area contributed by atoms with E-state index in [0.29, 0.717) is 4.90 Å². The molecule has 0 spiro atoms. The van der Waals surface area contributed by atoms with Gasteiger partial charge in [0.15, 0.2) is 0 Å². The van der Waals surface area contributed by atoms with E-state index in [1.807, 2.05) is 13.8 Å². The third kappa shape index (κ3) is 5.11. The number of carbonyl (C=O) groups is 1. The van der Waals surface area contributed by atoms with Crippen molar-refractivity contribution < 1.29 is 9.18 Å². The number of hydrogen-bond donors (Lipinski definition) is 2. The fourth-order valence-electron chi connectivity index (χ4n) is 1.70. The van der Waals surface area contributed by atoms with Gasteiger partial charge in [-0.15, -0.1) is 11.8 Å². The number of benzene rings is 1. The Kier molecular flexibility index (Phi) is 6.15. The number of anilines is 1. The maximum atomic E-state index is 13.3. The van der Waals surface area contributed by atoms with Crippen LogP contribution in [0.5, 0.6) is 0 Å². The quantitative estimate of drug-likeness (QED) is 0.623. The highest BCUT2D eigenvalue weighted by Crippen LogP contribution is 2.26. The summed E-state index contributed by atoms with van der Waals surface area (Å²) in [4.78, 5) is 12.6. The lowest BCUT2D eigenvalue weighted by Crippen LogP contribution is -2.37. The Morgan fingerprint density at radius 1 is 1.47 bits per heavy atom. The summed E-state index contributed by atoms with van der Waals surface area (Å²) >= 11 is 1.33. The van der Waals surface area contributed by atoms with Crippen LogP contribution in [0.25, 0.3) is 0 Å². The first-order valence-electron chi connectivity index (χ1n) is 6.46. The van der Waals surface area contributed by atoms with E-state index in [1.165, 1.54) is 23.9 Å². The van der Waals surface area contributed by atoms with Gasteiger partial charge in [-0.2, -0.15) is 0 Å². The van der Waals surface area contributed by atoms with E-state index >= 15 is 0 Å². The normalized spacial score (nSPS) is 13.9. The predicted octanol–water partition coefficient (Wildman–Crippen LogP) is 3.19. The van der Waals surface area contributed by atoms with Gasteiger partial charge in [-0.25, -0.2) is 4.39 Å². The maximum Gasteiger partial charge on any atom is 0.233 e. The van der Waals surface area contributed by atoms with Crippen LogP contribution >= 0.6 is 11.8 Å². The second-order valence-corrected chi connectivity index (χ2v) is 6.06. The van der Waals surface area contributed by atoms with Crippen LogP contribution in [-0.4, -0.2) is 17.2 Å². The molecule has 3 N–H and O–H groups in total. The molecule has 0 bridgehead atoms. The van der Waals surface area contributed by atoms with E-state index in [2.05, 4.69) is 12.2 Å². The Hall–Kier alpha value is -1.23. The zero-order valence-corrected chi connectivity index (χ0v) is 12.4. The van der Waals surface area contributed by atoms with Crippen molar-refractivity contribution in [3.8, 4) is 0 Å². The van der Waals surface area contributed by atoms with E-state index < -0.39 is 5.82 Å². The Labute approximate surface area is 118 Å². The average Bonchev–Trinajstić information content (AvgIpc) is 2.34. The van der Waals surface area contributed by atoms with Crippen LogP contribution in [0, 0.1) is 5.82 Å². The van der Waals surface area contributed by atoms with E-state index in [0.717, 1.165) is 12.8 Å². The van der Waals surface area contributed by atoms with Gasteiger partial charge in [0.05, 0.1) is 10.9 Å². The molecule has 0 aliphatic rings. The summed E-state index contributed by atoms with van der Waals surface area (Å²) in [5.74, 6) is -0.472. The SMILES string of the molecule is CCCC(C)NC(=O)C(C)Sc1ccc(N)c(F)c1. The van der Waals surface area contributed by atoms with Crippen LogP contribution in [0.2, 0.25) is 0 Å². The lowest BCUT2D eigenvalue weighted by Gasteiger charge is -2.17. The molecule has 106 valence electrons. The highest BCUT2D eigenvalue weighted by atomic mass is 32.2. The van der Waals surface area contributed by atoms with Crippen molar-refractivity contribution in [3.63, 3.8) is 0 Å². The molecule has 0 aromatic heterocycles. The monoisotopic (exact) mass is 284 g/mol. The molecule has 1 aromatic carbocycles. The molecule has 0 radical (unpaired) electrons. The molecule has 3 nitrogen and oxygen atoms in total. The van der Waals surface area contributed by atoms with Gasteiger partial charge in [0.25, 0.3) is 0 Å². The molecule has 1 amide bonds. The number of hydrogen-bond acceptors (Lipinski definition) is 3. The summed E-state index contributed by atoms with van der Waals surface area (Å²) in [6.45, 7) is 5.88. The Morgan fingerprint density at radius 2 is 2.16 bits per heavy atom. The van der Waals surface area contributed by atoms with Gasteiger partial charge in [-0.3, -0.25) is 4.79 Å². The van der Waals surface area contributed by atoms with Crippen molar-refractivity contribution in [2.24, 2.45) is 0 Å². The third-order valence-electron chi connectivity index (χ3n) is 2.76. The predicted molar refractivity (Wildman–Crippen MR) is 78.6 cm³/mol. The number of carbonyl (C=O) groups excluding carboxylic acids is 1. The molecule has 0 saturated heterocycles. The van der Waals surface area contributed by atoms with Crippen LogP contribution < -0.4 is 11.1 Å². The number of nitrogens with two attached hydrogens (primary N) is 1. The molecule has 0 heterocycles. The van der Waals surface area contributed by atoms with Crippen molar-refractivity contribution >= 4 is 23.4 Å². The van der Waals surface area contributed by atoms with Gasteiger partial charge < -0.3 is 11.1 Å². The lowest BCUT2D eigenvalue weighted by molar-refractivity contribution is -0.120. The first kappa shape index (κ1) is 15.8. The fourth-order valence-corrected chi connectivity index (χ4v) is 2.61. The van der Waals surface area contributed by atoms with Gasteiger partial charge in [0.2, 0.25) is 5.91 Å². The maximum absolute atomic E-state index is 13.3. The molecule has 0 aliphatic carbocycles. The molecule has 1 rings (SSSR count). The van der Waals surface area contributed by atoms with Crippen LogP contribution in [0.1, 0.15) is 33.6 Å². The van der Waals surface area contributed by atoms with Gasteiger partial charge in [0.1, 0.15) is 5.82 Å². The topological polar surface area (TPSA) is 55.1 Å². The van der Waals surface area contributed by atoms with Gasteiger partial charge in [-0.05, 0) is 38.5 Å². The number of halogens is 1. The van der Waals surface area contributed by atoms with E-state index in [-0.39, 0.29) is 22.9 Å². The molecule has 0 fully saturated rings. The second-order valence-electron chi connectivity index (χ2n) is 4.64. The van der Waals surface area contributed by atoms with Gasteiger partial charge >= 0.3 is 0 Å². The van der Waals surface area contributed by atoms with Crippen LogP contribution in [0.15, 0.2) is 23.1 Å². The number of amides is 1. The summed E-state index contributed by atoms with van der Waals surface area (Å²) in [5, 5.41) is 2.69. The van der Waals surface area contributed by atoms with Crippen molar-refractivity contribution in [3.05, 3.63) is 24.0 Å².